The molecule has 0 saturated heterocycles. The standard InChI is InChI=1S/C14H13BrINO2/c1-7-8(2)19-9(3)13(7)14(18)17-12-5-4-10(16)6-11(12)15/h4-6H,1-3H3,(H,17,18). The molecule has 5 heteroatoms. The topological polar surface area (TPSA) is 42.2 Å². The monoisotopic (exact) mass is 433 g/mol. The second kappa shape index (κ2) is 5.66. The smallest absolute Gasteiger partial charge is 0.259 e. The van der Waals surface area contributed by atoms with E-state index in [1.54, 1.807) is 6.92 Å². The summed E-state index contributed by atoms with van der Waals surface area (Å²) < 4.78 is 7.45. The molecule has 2 rings (SSSR count). The van der Waals surface area contributed by atoms with E-state index in [4.69, 9.17) is 4.42 Å². The van der Waals surface area contributed by atoms with Gasteiger partial charge >= 0.3 is 0 Å². The Bertz CT molecular complexity index is 649. The molecule has 1 aromatic heterocycles. The summed E-state index contributed by atoms with van der Waals surface area (Å²) in [6.45, 7) is 5.56. The SMILES string of the molecule is Cc1oc(C)c(C(=O)Nc2ccc(I)cc2Br)c1C. The maximum Gasteiger partial charge on any atom is 0.259 e. The molecule has 0 bridgehead atoms. The van der Waals surface area contributed by atoms with Crippen LogP contribution in [0.15, 0.2) is 27.1 Å². The lowest BCUT2D eigenvalue weighted by molar-refractivity contribution is 0.102. The summed E-state index contributed by atoms with van der Waals surface area (Å²) in [5.41, 5.74) is 2.25. The van der Waals surface area contributed by atoms with Gasteiger partial charge in [-0.15, -0.1) is 0 Å². The molecule has 0 saturated carbocycles. The minimum Gasteiger partial charge on any atom is -0.466 e. The first kappa shape index (κ1) is 14.6. The lowest BCUT2D eigenvalue weighted by Crippen LogP contribution is -2.14. The fourth-order valence-electron chi connectivity index (χ4n) is 1.90. The molecule has 0 unspecified atom stereocenters. The Hall–Kier alpha value is -0.820. The largest absolute Gasteiger partial charge is 0.466 e. The average Bonchev–Trinajstić information content (AvgIpc) is 2.57. The molecule has 0 fully saturated rings. The maximum absolute atomic E-state index is 12.3. The van der Waals surface area contributed by atoms with Gasteiger partial charge in [-0.25, -0.2) is 0 Å². The molecule has 1 heterocycles. The summed E-state index contributed by atoms with van der Waals surface area (Å²) >= 11 is 5.67. The van der Waals surface area contributed by atoms with E-state index in [9.17, 15) is 4.79 Å². The van der Waals surface area contributed by atoms with E-state index < -0.39 is 0 Å². The van der Waals surface area contributed by atoms with Gasteiger partial charge in [0.2, 0.25) is 0 Å². The van der Waals surface area contributed by atoms with Crippen molar-refractivity contribution in [1.82, 2.24) is 0 Å². The molecule has 0 atom stereocenters. The highest BCUT2D eigenvalue weighted by Crippen LogP contribution is 2.27. The summed E-state index contributed by atoms with van der Waals surface area (Å²) in [6.07, 6.45) is 0. The van der Waals surface area contributed by atoms with Crippen molar-refractivity contribution in [3.05, 3.63) is 48.9 Å². The highest BCUT2D eigenvalue weighted by atomic mass is 127. The number of amides is 1. The van der Waals surface area contributed by atoms with E-state index in [1.165, 1.54) is 0 Å². The van der Waals surface area contributed by atoms with Gasteiger partial charge in [0.1, 0.15) is 11.5 Å². The lowest BCUT2D eigenvalue weighted by atomic mass is 10.1. The predicted molar refractivity (Wildman–Crippen MR) is 87.7 cm³/mol. The van der Waals surface area contributed by atoms with Crippen molar-refractivity contribution in [1.29, 1.82) is 0 Å². The second-order valence-electron chi connectivity index (χ2n) is 4.29. The average molecular weight is 434 g/mol. The summed E-state index contributed by atoms with van der Waals surface area (Å²) in [6, 6.07) is 5.78. The van der Waals surface area contributed by atoms with Gasteiger partial charge in [0.25, 0.3) is 5.91 Å². The molecule has 100 valence electrons. The van der Waals surface area contributed by atoms with Crippen LogP contribution >= 0.6 is 38.5 Å². The first-order chi connectivity index (χ1) is 8.90. The molecular weight excluding hydrogens is 421 g/mol. The van der Waals surface area contributed by atoms with Crippen LogP contribution in [0.5, 0.6) is 0 Å². The molecule has 2 aromatic rings. The third-order valence-corrected chi connectivity index (χ3v) is 4.29. The number of hydrogen-bond donors (Lipinski definition) is 1. The van der Waals surface area contributed by atoms with Gasteiger partial charge in [-0.2, -0.15) is 0 Å². The Morgan fingerprint density at radius 2 is 1.95 bits per heavy atom. The van der Waals surface area contributed by atoms with Crippen LogP contribution in [0.1, 0.15) is 27.4 Å². The number of carbonyl (C=O) groups is 1. The molecule has 0 spiro atoms. The molecule has 0 aliphatic carbocycles. The minimum absolute atomic E-state index is 0.145. The molecular formula is C14H13BrINO2. The number of carbonyl (C=O) groups excluding carboxylic acids is 1. The van der Waals surface area contributed by atoms with E-state index in [0.29, 0.717) is 11.3 Å². The number of benzene rings is 1. The van der Waals surface area contributed by atoms with Crippen LogP contribution < -0.4 is 5.32 Å². The molecule has 0 aliphatic rings. The second-order valence-corrected chi connectivity index (χ2v) is 6.39. The molecule has 1 amide bonds. The Morgan fingerprint density at radius 1 is 1.26 bits per heavy atom. The van der Waals surface area contributed by atoms with Crippen LogP contribution in [0, 0.1) is 24.3 Å². The normalized spacial score (nSPS) is 10.6. The summed E-state index contributed by atoms with van der Waals surface area (Å²) in [4.78, 5) is 12.3. The van der Waals surface area contributed by atoms with Crippen LogP contribution in [0.2, 0.25) is 0 Å². The predicted octanol–water partition coefficient (Wildman–Crippen LogP) is 4.82. The highest BCUT2D eigenvalue weighted by molar-refractivity contribution is 14.1. The molecule has 1 aromatic carbocycles. The van der Waals surface area contributed by atoms with E-state index in [2.05, 4.69) is 43.8 Å². The fraction of sp³-hybridized carbons (Fsp3) is 0.214. The number of rotatable bonds is 2. The van der Waals surface area contributed by atoms with Gasteiger partial charge in [-0.05, 0) is 77.5 Å². The minimum atomic E-state index is -0.145. The van der Waals surface area contributed by atoms with Gasteiger partial charge in [-0.3, -0.25) is 4.79 Å². The third-order valence-electron chi connectivity index (χ3n) is 2.97. The molecule has 3 nitrogen and oxygen atoms in total. The first-order valence-electron chi connectivity index (χ1n) is 5.73. The van der Waals surface area contributed by atoms with E-state index in [-0.39, 0.29) is 5.91 Å². The lowest BCUT2D eigenvalue weighted by Gasteiger charge is -2.08. The summed E-state index contributed by atoms with van der Waals surface area (Å²) in [5, 5.41) is 2.90. The quantitative estimate of drug-likeness (QED) is 0.689. The molecule has 0 aliphatic heterocycles. The number of nitrogens with one attached hydrogen (secondary N) is 1. The maximum atomic E-state index is 12.3. The highest BCUT2D eigenvalue weighted by Gasteiger charge is 2.19. The first-order valence-corrected chi connectivity index (χ1v) is 7.60. The van der Waals surface area contributed by atoms with Crippen LogP contribution in [0.4, 0.5) is 5.69 Å². The third kappa shape index (κ3) is 3.02. The Labute approximate surface area is 134 Å². The number of hydrogen-bond acceptors (Lipinski definition) is 2. The van der Waals surface area contributed by atoms with Gasteiger partial charge in [-0.1, -0.05) is 0 Å². The zero-order chi connectivity index (χ0) is 14.2. The van der Waals surface area contributed by atoms with Crippen molar-refractivity contribution >= 4 is 50.1 Å². The van der Waals surface area contributed by atoms with Gasteiger partial charge < -0.3 is 9.73 Å². The number of aryl methyl sites for hydroxylation is 2. The van der Waals surface area contributed by atoms with Crippen LogP contribution in [0.25, 0.3) is 0 Å². The number of anilines is 1. The Kier molecular flexibility index (Phi) is 4.35. The van der Waals surface area contributed by atoms with Crippen LogP contribution in [-0.2, 0) is 0 Å². The number of furan rings is 1. The number of halogens is 2. The van der Waals surface area contributed by atoms with Gasteiger partial charge in [0.15, 0.2) is 0 Å². The van der Waals surface area contributed by atoms with E-state index in [0.717, 1.165) is 25.1 Å². The zero-order valence-corrected chi connectivity index (χ0v) is 14.5. The Morgan fingerprint density at radius 3 is 2.47 bits per heavy atom. The molecule has 1 N–H and O–H groups in total. The van der Waals surface area contributed by atoms with Gasteiger partial charge in [0.05, 0.1) is 11.3 Å². The molecule has 0 radical (unpaired) electrons. The summed E-state index contributed by atoms with van der Waals surface area (Å²) in [7, 11) is 0. The van der Waals surface area contributed by atoms with Crippen molar-refractivity contribution in [2.45, 2.75) is 20.8 Å². The zero-order valence-electron chi connectivity index (χ0n) is 10.8. The van der Waals surface area contributed by atoms with E-state index >= 15 is 0 Å². The van der Waals surface area contributed by atoms with Crippen molar-refractivity contribution in [3.8, 4) is 0 Å². The van der Waals surface area contributed by atoms with Gasteiger partial charge in [0, 0.05) is 13.6 Å². The summed E-state index contributed by atoms with van der Waals surface area (Å²) in [5.74, 6) is 1.28. The van der Waals surface area contributed by atoms with Crippen molar-refractivity contribution in [3.63, 3.8) is 0 Å². The fourth-order valence-corrected chi connectivity index (χ4v) is 3.30. The van der Waals surface area contributed by atoms with Crippen molar-refractivity contribution in [2.75, 3.05) is 5.32 Å². The molecule has 19 heavy (non-hydrogen) atoms. The van der Waals surface area contributed by atoms with Crippen LogP contribution in [-0.4, -0.2) is 5.91 Å². The van der Waals surface area contributed by atoms with Crippen molar-refractivity contribution < 1.29 is 9.21 Å². The van der Waals surface area contributed by atoms with E-state index in [1.807, 2.05) is 32.0 Å². The van der Waals surface area contributed by atoms with Crippen molar-refractivity contribution in [2.24, 2.45) is 0 Å². The Balaban J connectivity index is 2.31. The van der Waals surface area contributed by atoms with Crippen LogP contribution in [0.3, 0.4) is 0 Å².